The highest BCUT2D eigenvalue weighted by molar-refractivity contribution is 7.11. The largest absolute Gasteiger partial charge is 0.488 e. The molecule has 1 aromatic carbocycles. The lowest BCUT2D eigenvalue weighted by atomic mass is 10.2. The lowest BCUT2D eigenvalue weighted by Gasteiger charge is -2.13. The summed E-state index contributed by atoms with van der Waals surface area (Å²) in [4.78, 5) is 5.37. The van der Waals surface area contributed by atoms with E-state index in [9.17, 15) is 0 Å². The molecule has 5 heteroatoms. The predicted octanol–water partition coefficient (Wildman–Crippen LogP) is 4.43. The predicted molar refractivity (Wildman–Crippen MR) is 89.2 cm³/mol. The van der Waals surface area contributed by atoms with Crippen LogP contribution in [0, 0.1) is 12.8 Å². The number of aryl methyl sites for hydroxylation is 1. The summed E-state index contributed by atoms with van der Waals surface area (Å²) in [7, 11) is 0. The van der Waals surface area contributed by atoms with E-state index in [2.05, 4.69) is 24.1 Å². The fraction of sp³-hybridized carbons (Fsp3) is 0.438. The maximum atomic E-state index is 6.09. The Morgan fingerprint density at radius 2 is 2.19 bits per heavy atom. The molecule has 0 aliphatic carbocycles. The molecule has 0 fully saturated rings. The minimum atomic E-state index is 0.546. The number of hydrogen-bond donors (Lipinski definition) is 1. The quantitative estimate of drug-likeness (QED) is 0.818. The van der Waals surface area contributed by atoms with Crippen LogP contribution in [-0.2, 0) is 13.2 Å². The number of nitrogens with one attached hydrogen (secondary N) is 1. The molecule has 2 rings (SSSR count). The first-order chi connectivity index (χ1) is 10.0. The molecule has 0 radical (unpaired) electrons. The van der Waals surface area contributed by atoms with Crippen LogP contribution in [0.15, 0.2) is 24.4 Å². The van der Waals surface area contributed by atoms with E-state index in [1.54, 1.807) is 11.3 Å². The van der Waals surface area contributed by atoms with Gasteiger partial charge in [-0.3, -0.25) is 0 Å². The van der Waals surface area contributed by atoms with Gasteiger partial charge in [-0.2, -0.15) is 0 Å². The second kappa shape index (κ2) is 7.78. The van der Waals surface area contributed by atoms with Gasteiger partial charge in [-0.05, 0) is 37.6 Å². The number of aromatic nitrogens is 1. The second-order valence-corrected chi connectivity index (χ2v) is 7.17. The summed E-state index contributed by atoms with van der Waals surface area (Å²) in [5.74, 6) is 1.50. The third kappa shape index (κ3) is 5.30. The zero-order valence-electron chi connectivity index (χ0n) is 12.6. The van der Waals surface area contributed by atoms with Crippen LogP contribution in [-0.4, -0.2) is 11.5 Å². The molecule has 0 atom stereocenters. The summed E-state index contributed by atoms with van der Waals surface area (Å²) in [5, 5.41) is 5.22. The van der Waals surface area contributed by atoms with Crippen molar-refractivity contribution >= 4 is 22.9 Å². The van der Waals surface area contributed by atoms with Crippen molar-refractivity contribution in [2.75, 3.05) is 6.54 Å². The molecule has 0 saturated heterocycles. The Hall–Kier alpha value is -1.10. The van der Waals surface area contributed by atoms with Crippen LogP contribution in [0.2, 0.25) is 5.02 Å². The first-order valence-electron chi connectivity index (χ1n) is 7.08. The second-order valence-electron chi connectivity index (χ2n) is 5.41. The van der Waals surface area contributed by atoms with Crippen molar-refractivity contribution in [3.8, 4) is 5.75 Å². The maximum absolute atomic E-state index is 6.09. The van der Waals surface area contributed by atoms with Gasteiger partial charge < -0.3 is 10.1 Å². The van der Waals surface area contributed by atoms with Gasteiger partial charge in [0.15, 0.2) is 0 Å². The zero-order valence-corrected chi connectivity index (χ0v) is 14.2. The number of thiazole rings is 1. The van der Waals surface area contributed by atoms with Crippen molar-refractivity contribution in [3.63, 3.8) is 0 Å². The molecule has 0 aliphatic rings. The standard InChI is InChI=1S/C16H21ClN2OS/c1-11(2)7-18-8-13-6-14(17)4-5-16(13)20-10-15-9-19-12(3)21-15/h4-6,9,11,18H,7-8,10H2,1-3H3. The lowest BCUT2D eigenvalue weighted by molar-refractivity contribution is 0.305. The van der Waals surface area contributed by atoms with Crippen molar-refractivity contribution < 1.29 is 4.74 Å². The Bertz CT molecular complexity index is 583. The molecule has 1 N–H and O–H groups in total. The molecule has 0 amide bonds. The van der Waals surface area contributed by atoms with Gasteiger partial charge in [-0.15, -0.1) is 11.3 Å². The first kappa shape index (κ1) is 16.3. The van der Waals surface area contributed by atoms with Crippen molar-refractivity contribution in [3.05, 3.63) is 44.9 Å². The van der Waals surface area contributed by atoms with E-state index in [0.717, 1.165) is 39.3 Å². The smallest absolute Gasteiger partial charge is 0.124 e. The summed E-state index contributed by atoms with van der Waals surface area (Å²) in [5.41, 5.74) is 1.09. The summed E-state index contributed by atoms with van der Waals surface area (Å²) in [6.45, 7) is 8.65. The van der Waals surface area contributed by atoms with E-state index in [1.807, 2.05) is 31.3 Å². The highest BCUT2D eigenvalue weighted by atomic mass is 35.5. The molecule has 0 saturated carbocycles. The highest BCUT2D eigenvalue weighted by Crippen LogP contribution is 2.24. The number of halogens is 1. The highest BCUT2D eigenvalue weighted by Gasteiger charge is 2.07. The monoisotopic (exact) mass is 324 g/mol. The molecule has 0 aliphatic heterocycles. The van der Waals surface area contributed by atoms with Crippen molar-refractivity contribution in [2.45, 2.75) is 33.9 Å². The number of nitrogens with zero attached hydrogens (tertiary/aromatic N) is 1. The van der Waals surface area contributed by atoms with Crippen molar-refractivity contribution in [1.82, 2.24) is 10.3 Å². The van der Waals surface area contributed by atoms with E-state index in [4.69, 9.17) is 16.3 Å². The third-order valence-electron chi connectivity index (χ3n) is 2.93. The van der Waals surface area contributed by atoms with Gasteiger partial charge in [0.2, 0.25) is 0 Å². The topological polar surface area (TPSA) is 34.1 Å². The Labute approximate surface area is 135 Å². The molecule has 0 bridgehead atoms. The molecule has 3 nitrogen and oxygen atoms in total. The number of ether oxygens (including phenoxy) is 1. The molecule has 0 unspecified atom stereocenters. The van der Waals surface area contributed by atoms with Gasteiger partial charge in [0, 0.05) is 23.3 Å². The van der Waals surface area contributed by atoms with Crippen molar-refractivity contribution in [2.24, 2.45) is 5.92 Å². The van der Waals surface area contributed by atoms with Crippen LogP contribution in [0.1, 0.15) is 29.3 Å². The van der Waals surface area contributed by atoms with Gasteiger partial charge in [-0.1, -0.05) is 25.4 Å². The summed E-state index contributed by atoms with van der Waals surface area (Å²) in [6.07, 6.45) is 1.87. The van der Waals surface area contributed by atoms with Crippen LogP contribution >= 0.6 is 22.9 Å². The van der Waals surface area contributed by atoms with E-state index in [0.29, 0.717) is 12.5 Å². The summed E-state index contributed by atoms with van der Waals surface area (Å²) < 4.78 is 5.92. The van der Waals surface area contributed by atoms with E-state index >= 15 is 0 Å². The SMILES string of the molecule is Cc1ncc(COc2ccc(Cl)cc2CNCC(C)C)s1. The number of hydrogen-bond acceptors (Lipinski definition) is 4. The van der Waals surface area contributed by atoms with Crippen molar-refractivity contribution in [1.29, 1.82) is 0 Å². The molecule has 1 aromatic heterocycles. The third-order valence-corrected chi connectivity index (χ3v) is 4.05. The average Bonchev–Trinajstić information content (AvgIpc) is 2.83. The molecular formula is C16H21ClN2OS. The van der Waals surface area contributed by atoms with E-state index < -0.39 is 0 Å². The molecule has 2 aromatic rings. The zero-order chi connectivity index (χ0) is 15.2. The minimum Gasteiger partial charge on any atom is -0.488 e. The molecular weight excluding hydrogens is 304 g/mol. The molecule has 0 spiro atoms. The van der Waals surface area contributed by atoms with Gasteiger partial charge in [0.25, 0.3) is 0 Å². The number of benzene rings is 1. The van der Waals surface area contributed by atoms with Crippen LogP contribution in [0.4, 0.5) is 0 Å². The molecule has 1 heterocycles. The molecule has 114 valence electrons. The Balaban J connectivity index is 2.00. The Morgan fingerprint density at radius 3 is 2.86 bits per heavy atom. The fourth-order valence-corrected chi connectivity index (χ4v) is 2.85. The maximum Gasteiger partial charge on any atom is 0.124 e. The first-order valence-corrected chi connectivity index (χ1v) is 8.27. The lowest BCUT2D eigenvalue weighted by Crippen LogP contribution is -2.19. The normalized spacial score (nSPS) is 11.1. The van der Waals surface area contributed by atoms with Gasteiger partial charge in [0.05, 0.1) is 9.88 Å². The van der Waals surface area contributed by atoms with Crippen LogP contribution < -0.4 is 10.1 Å². The summed E-state index contributed by atoms with van der Waals surface area (Å²) in [6, 6.07) is 5.76. The summed E-state index contributed by atoms with van der Waals surface area (Å²) >= 11 is 7.75. The van der Waals surface area contributed by atoms with Gasteiger partial charge >= 0.3 is 0 Å². The van der Waals surface area contributed by atoms with Gasteiger partial charge in [-0.25, -0.2) is 4.98 Å². The minimum absolute atomic E-state index is 0.546. The van der Waals surface area contributed by atoms with Crippen LogP contribution in [0.5, 0.6) is 5.75 Å². The number of rotatable bonds is 7. The average molecular weight is 325 g/mol. The van der Waals surface area contributed by atoms with Crippen LogP contribution in [0.3, 0.4) is 0 Å². The van der Waals surface area contributed by atoms with E-state index in [-0.39, 0.29) is 0 Å². The fourth-order valence-electron chi connectivity index (χ4n) is 1.94. The van der Waals surface area contributed by atoms with Crippen LogP contribution in [0.25, 0.3) is 0 Å². The van der Waals surface area contributed by atoms with E-state index in [1.165, 1.54) is 0 Å². The van der Waals surface area contributed by atoms with Gasteiger partial charge in [0.1, 0.15) is 12.4 Å². The Kier molecular flexibility index (Phi) is 6.03. The Morgan fingerprint density at radius 1 is 1.38 bits per heavy atom. The molecule has 21 heavy (non-hydrogen) atoms.